The molecule has 0 bridgehead atoms. The molecule has 1 aromatic heterocycles. The van der Waals surface area contributed by atoms with E-state index in [0.717, 1.165) is 0 Å². The van der Waals surface area contributed by atoms with E-state index in [0.29, 0.717) is 29.7 Å². The molecular formula is C10H11N3O. The topological polar surface area (TPSA) is 71.9 Å². The standard InChI is InChI=1S/C10H11N3O/c11-4-8-5-13-10(12)3-9(8)14-6-7-1-2-7/h3,5,7H,1-2,6H2,(H2,12,13). The smallest absolute Gasteiger partial charge is 0.142 e. The molecule has 2 rings (SSSR count). The van der Waals surface area contributed by atoms with E-state index in [4.69, 9.17) is 15.7 Å². The van der Waals surface area contributed by atoms with E-state index in [1.807, 2.05) is 6.07 Å². The van der Waals surface area contributed by atoms with E-state index in [9.17, 15) is 0 Å². The third-order valence-corrected chi connectivity index (χ3v) is 2.18. The molecule has 0 radical (unpaired) electrons. The van der Waals surface area contributed by atoms with Crippen molar-refractivity contribution in [3.63, 3.8) is 0 Å². The van der Waals surface area contributed by atoms with Crippen LogP contribution in [0.15, 0.2) is 12.3 Å². The molecule has 1 aliphatic carbocycles. The summed E-state index contributed by atoms with van der Waals surface area (Å²) < 4.78 is 5.49. The van der Waals surface area contributed by atoms with Gasteiger partial charge in [-0.05, 0) is 18.8 Å². The second kappa shape index (κ2) is 3.54. The maximum atomic E-state index is 8.78. The molecule has 2 N–H and O–H groups in total. The number of nitriles is 1. The van der Waals surface area contributed by atoms with Gasteiger partial charge >= 0.3 is 0 Å². The zero-order chi connectivity index (χ0) is 9.97. The summed E-state index contributed by atoms with van der Waals surface area (Å²) in [4.78, 5) is 3.83. The SMILES string of the molecule is N#Cc1cnc(N)cc1OCC1CC1. The first-order valence-corrected chi connectivity index (χ1v) is 4.58. The Labute approximate surface area is 82.3 Å². The molecule has 72 valence electrons. The van der Waals surface area contributed by atoms with Crippen molar-refractivity contribution in [1.29, 1.82) is 5.26 Å². The van der Waals surface area contributed by atoms with Crippen molar-refractivity contribution >= 4 is 5.82 Å². The Hall–Kier alpha value is -1.76. The second-order valence-corrected chi connectivity index (χ2v) is 3.47. The predicted octanol–water partition coefficient (Wildman–Crippen LogP) is 1.32. The normalized spacial score (nSPS) is 14.8. The number of nitrogens with two attached hydrogens (primary N) is 1. The molecule has 1 saturated carbocycles. The van der Waals surface area contributed by atoms with Crippen LogP contribution in [0.25, 0.3) is 0 Å². The van der Waals surface area contributed by atoms with Gasteiger partial charge in [-0.3, -0.25) is 0 Å². The number of ether oxygens (including phenoxy) is 1. The fourth-order valence-electron chi connectivity index (χ4n) is 1.15. The van der Waals surface area contributed by atoms with Gasteiger partial charge in [-0.15, -0.1) is 0 Å². The van der Waals surface area contributed by atoms with Gasteiger partial charge in [-0.2, -0.15) is 5.26 Å². The lowest BCUT2D eigenvalue weighted by Gasteiger charge is -2.06. The summed E-state index contributed by atoms with van der Waals surface area (Å²) in [5.74, 6) is 1.60. The van der Waals surface area contributed by atoms with Crippen LogP contribution in [0.1, 0.15) is 18.4 Å². The van der Waals surface area contributed by atoms with Gasteiger partial charge in [0, 0.05) is 6.07 Å². The van der Waals surface area contributed by atoms with Gasteiger partial charge in [-0.25, -0.2) is 4.98 Å². The van der Waals surface area contributed by atoms with Crippen LogP contribution in [-0.2, 0) is 0 Å². The number of nitrogens with zero attached hydrogens (tertiary/aromatic N) is 2. The highest BCUT2D eigenvalue weighted by Crippen LogP contribution is 2.30. The number of anilines is 1. The molecular weight excluding hydrogens is 178 g/mol. The van der Waals surface area contributed by atoms with Crippen LogP contribution in [0, 0.1) is 17.2 Å². The van der Waals surface area contributed by atoms with Crippen molar-refractivity contribution in [2.75, 3.05) is 12.3 Å². The first-order valence-electron chi connectivity index (χ1n) is 4.58. The molecule has 14 heavy (non-hydrogen) atoms. The van der Waals surface area contributed by atoms with Gasteiger partial charge < -0.3 is 10.5 Å². The Morgan fingerprint density at radius 2 is 2.43 bits per heavy atom. The molecule has 0 saturated heterocycles. The van der Waals surface area contributed by atoms with Gasteiger partial charge in [0.1, 0.15) is 23.2 Å². The summed E-state index contributed by atoms with van der Waals surface area (Å²) >= 11 is 0. The number of hydrogen-bond acceptors (Lipinski definition) is 4. The molecule has 0 amide bonds. The van der Waals surface area contributed by atoms with Crippen LogP contribution in [0.4, 0.5) is 5.82 Å². The van der Waals surface area contributed by atoms with Gasteiger partial charge in [0.25, 0.3) is 0 Å². The van der Waals surface area contributed by atoms with E-state index in [-0.39, 0.29) is 0 Å². The molecule has 4 heteroatoms. The average molecular weight is 189 g/mol. The maximum Gasteiger partial charge on any atom is 0.142 e. The molecule has 1 aliphatic rings. The van der Waals surface area contributed by atoms with E-state index in [1.54, 1.807) is 6.07 Å². The molecule has 0 aliphatic heterocycles. The maximum absolute atomic E-state index is 8.78. The zero-order valence-electron chi connectivity index (χ0n) is 7.73. The number of aromatic nitrogens is 1. The molecule has 0 aromatic carbocycles. The summed E-state index contributed by atoms with van der Waals surface area (Å²) in [5.41, 5.74) is 5.95. The minimum Gasteiger partial charge on any atom is -0.492 e. The quantitative estimate of drug-likeness (QED) is 0.778. The van der Waals surface area contributed by atoms with Crippen molar-refractivity contribution in [2.45, 2.75) is 12.8 Å². The third kappa shape index (κ3) is 1.94. The number of nitrogen functional groups attached to an aromatic ring is 1. The minimum absolute atomic E-state index is 0.384. The molecule has 0 unspecified atom stereocenters. The molecule has 1 aromatic rings. The lowest BCUT2D eigenvalue weighted by atomic mass is 10.3. The van der Waals surface area contributed by atoms with Crippen molar-refractivity contribution in [1.82, 2.24) is 4.98 Å². The highest BCUT2D eigenvalue weighted by atomic mass is 16.5. The number of rotatable bonds is 3. The van der Waals surface area contributed by atoms with E-state index in [1.165, 1.54) is 19.0 Å². The fraction of sp³-hybridized carbons (Fsp3) is 0.400. The molecule has 1 fully saturated rings. The van der Waals surface area contributed by atoms with Crippen LogP contribution >= 0.6 is 0 Å². The summed E-state index contributed by atoms with van der Waals surface area (Å²) in [6.07, 6.45) is 3.89. The summed E-state index contributed by atoms with van der Waals surface area (Å²) in [7, 11) is 0. The van der Waals surface area contributed by atoms with Crippen molar-refractivity contribution in [3.8, 4) is 11.8 Å². The summed E-state index contributed by atoms with van der Waals surface area (Å²) in [6, 6.07) is 3.62. The Morgan fingerprint density at radius 1 is 1.64 bits per heavy atom. The lowest BCUT2D eigenvalue weighted by Crippen LogP contribution is -2.02. The van der Waals surface area contributed by atoms with Crippen molar-refractivity contribution in [2.24, 2.45) is 5.92 Å². The minimum atomic E-state index is 0.384. The van der Waals surface area contributed by atoms with E-state index >= 15 is 0 Å². The predicted molar refractivity (Wildman–Crippen MR) is 51.6 cm³/mol. The van der Waals surface area contributed by atoms with Crippen LogP contribution in [0.3, 0.4) is 0 Å². The summed E-state index contributed by atoms with van der Waals surface area (Å²) in [5, 5.41) is 8.78. The zero-order valence-corrected chi connectivity index (χ0v) is 7.73. The van der Waals surface area contributed by atoms with Gasteiger partial charge in [0.15, 0.2) is 0 Å². The Bertz CT molecular complexity index is 379. The Balaban J connectivity index is 2.12. The van der Waals surface area contributed by atoms with E-state index in [2.05, 4.69) is 4.98 Å². The largest absolute Gasteiger partial charge is 0.492 e. The first kappa shape index (κ1) is 8.82. The van der Waals surface area contributed by atoms with Gasteiger partial charge in [0.05, 0.1) is 12.8 Å². The third-order valence-electron chi connectivity index (χ3n) is 2.18. The molecule has 4 nitrogen and oxygen atoms in total. The number of hydrogen-bond donors (Lipinski definition) is 1. The monoisotopic (exact) mass is 189 g/mol. The highest BCUT2D eigenvalue weighted by molar-refractivity contribution is 5.47. The van der Waals surface area contributed by atoms with Crippen LogP contribution < -0.4 is 10.5 Å². The highest BCUT2D eigenvalue weighted by Gasteiger charge is 2.22. The van der Waals surface area contributed by atoms with E-state index < -0.39 is 0 Å². The average Bonchev–Trinajstić information content (AvgIpc) is 2.98. The lowest BCUT2D eigenvalue weighted by molar-refractivity contribution is 0.299. The van der Waals surface area contributed by atoms with Crippen LogP contribution in [0.5, 0.6) is 5.75 Å². The van der Waals surface area contributed by atoms with Crippen LogP contribution in [0.2, 0.25) is 0 Å². The molecule has 0 atom stereocenters. The Morgan fingerprint density at radius 3 is 3.07 bits per heavy atom. The fourth-order valence-corrected chi connectivity index (χ4v) is 1.15. The van der Waals surface area contributed by atoms with Crippen LogP contribution in [-0.4, -0.2) is 11.6 Å². The Kier molecular flexibility index (Phi) is 2.23. The van der Waals surface area contributed by atoms with Crippen molar-refractivity contribution < 1.29 is 4.74 Å². The second-order valence-electron chi connectivity index (χ2n) is 3.47. The molecule has 1 heterocycles. The van der Waals surface area contributed by atoms with Crippen molar-refractivity contribution in [3.05, 3.63) is 17.8 Å². The van der Waals surface area contributed by atoms with Gasteiger partial charge in [0.2, 0.25) is 0 Å². The molecule has 0 spiro atoms. The first-order chi connectivity index (χ1) is 6.79. The summed E-state index contributed by atoms with van der Waals surface area (Å²) in [6.45, 7) is 0.679. The van der Waals surface area contributed by atoms with Gasteiger partial charge in [-0.1, -0.05) is 0 Å². The number of pyridine rings is 1.